The number of nitrogens with zero attached hydrogens (tertiary/aromatic N) is 2. The maximum Gasteiger partial charge on any atom is 0.0631 e. The molecule has 1 aliphatic carbocycles. The van der Waals surface area contributed by atoms with Crippen LogP contribution >= 0.6 is 0 Å². The third-order valence-electron chi connectivity index (χ3n) is 5.06. The molecule has 0 unspecified atom stereocenters. The molecule has 2 aliphatic rings. The van der Waals surface area contributed by atoms with Crippen molar-refractivity contribution in [2.75, 3.05) is 19.8 Å². The Morgan fingerprint density at radius 3 is 2.70 bits per heavy atom. The van der Waals surface area contributed by atoms with E-state index in [1.54, 1.807) is 0 Å². The molecule has 1 aliphatic heterocycles. The van der Waals surface area contributed by atoms with Crippen LogP contribution in [0, 0.1) is 5.41 Å². The van der Waals surface area contributed by atoms with Crippen LogP contribution in [0.3, 0.4) is 0 Å². The third-order valence-corrected chi connectivity index (χ3v) is 5.06. The topological polar surface area (TPSA) is 47.3 Å². The van der Waals surface area contributed by atoms with Gasteiger partial charge in [-0.2, -0.15) is 5.10 Å². The van der Waals surface area contributed by atoms with Crippen LogP contribution in [-0.4, -0.2) is 34.7 Å². The SMILES string of the molecule is OCC1(Cc2ccn(C3CCCCC3)n2)CCOCC1. The van der Waals surface area contributed by atoms with Crippen molar-refractivity contribution in [3.8, 4) is 0 Å². The number of hydrogen-bond donors (Lipinski definition) is 1. The van der Waals surface area contributed by atoms with Crippen molar-refractivity contribution in [2.24, 2.45) is 5.41 Å². The van der Waals surface area contributed by atoms with Gasteiger partial charge in [0, 0.05) is 31.4 Å². The van der Waals surface area contributed by atoms with Crippen LogP contribution in [0.5, 0.6) is 0 Å². The van der Waals surface area contributed by atoms with E-state index in [2.05, 4.69) is 16.9 Å². The Hall–Kier alpha value is -0.870. The van der Waals surface area contributed by atoms with Crippen molar-refractivity contribution in [2.45, 2.75) is 57.4 Å². The summed E-state index contributed by atoms with van der Waals surface area (Å²) in [5.74, 6) is 0. The van der Waals surface area contributed by atoms with E-state index in [0.29, 0.717) is 6.04 Å². The van der Waals surface area contributed by atoms with E-state index in [-0.39, 0.29) is 12.0 Å². The summed E-state index contributed by atoms with van der Waals surface area (Å²) < 4.78 is 7.59. The van der Waals surface area contributed by atoms with E-state index in [1.807, 2.05) is 0 Å². The molecule has 4 nitrogen and oxygen atoms in total. The molecule has 112 valence electrons. The molecule has 0 aromatic carbocycles. The molecule has 0 amide bonds. The Morgan fingerprint density at radius 2 is 2.00 bits per heavy atom. The average molecular weight is 278 g/mol. The van der Waals surface area contributed by atoms with Gasteiger partial charge in [-0.15, -0.1) is 0 Å². The van der Waals surface area contributed by atoms with Crippen LogP contribution in [0.4, 0.5) is 0 Å². The molecule has 1 aromatic heterocycles. The van der Waals surface area contributed by atoms with Gasteiger partial charge in [-0.25, -0.2) is 0 Å². The summed E-state index contributed by atoms with van der Waals surface area (Å²) in [6.07, 6.45) is 11.5. The first kappa shape index (κ1) is 14.1. The lowest BCUT2D eigenvalue weighted by atomic mass is 9.77. The molecule has 1 saturated carbocycles. The van der Waals surface area contributed by atoms with E-state index in [0.717, 1.165) is 38.2 Å². The normalized spacial score (nSPS) is 23.9. The summed E-state index contributed by atoms with van der Waals surface area (Å²) in [5.41, 5.74) is 1.12. The Balaban J connectivity index is 1.66. The van der Waals surface area contributed by atoms with Gasteiger partial charge in [-0.05, 0) is 38.2 Å². The van der Waals surface area contributed by atoms with Crippen LogP contribution in [0.2, 0.25) is 0 Å². The second kappa shape index (κ2) is 6.27. The van der Waals surface area contributed by atoms with Gasteiger partial charge in [-0.1, -0.05) is 19.3 Å². The maximum absolute atomic E-state index is 9.77. The molecule has 4 heteroatoms. The molecule has 0 atom stereocenters. The second-order valence-corrected chi connectivity index (χ2v) is 6.53. The lowest BCUT2D eigenvalue weighted by Gasteiger charge is -2.35. The van der Waals surface area contributed by atoms with Gasteiger partial charge in [0.2, 0.25) is 0 Å². The van der Waals surface area contributed by atoms with Crippen molar-refractivity contribution in [3.05, 3.63) is 18.0 Å². The summed E-state index contributed by atoms with van der Waals surface area (Å²) in [4.78, 5) is 0. The van der Waals surface area contributed by atoms with Crippen LogP contribution in [-0.2, 0) is 11.2 Å². The third kappa shape index (κ3) is 3.07. The highest BCUT2D eigenvalue weighted by Crippen LogP contribution is 2.34. The summed E-state index contributed by atoms with van der Waals surface area (Å²) in [6.45, 7) is 1.78. The maximum atomic E-state index is 9.77. The molecule has 2 heterocycles. The fraction of sp³-hybridized carbons (Fsp3) is 0.812. The van der Waals surface area contributed by atoms with Crippen molar-refractivity contribution in [1.29, 1.82) is 0 Å². The average Bonchev–Trinajstić information content (AvgIpc) is 2.97. The molecule has 20 heavy (non-hydrogen) atoms. The van der Waals surface area contributed by atoms with Crippen molar-refractivity contribution < 1.29 is 9.84 Å². The standard InChI is InChI=1S/C16H26N2O2/c19-13-16(7-10-20-11-8-16)12-14-6-9-18(17-14)15-4-2-1-3-5-15/h6,9,15,19H,1-5,7-8,10-13H2. The summed E-state index contributed by atoms with van der Waals surface area (Å²) >= 11 is 0. The zero-order valence-corrected chi connectivity index (χ0v) is 12.3. The van der Waals surface area contributed by atoms with Gasteiger partial charge in [0.25, 0.3) is 0 Å². The number of aliphatic hydroxyl groups is 1. The highest BCUT2D eigenvalue weighted by Gasteiger charge is 2.33. The number of ether oxygens (including phenoxy) is 1. The molecule has 0 bridgehead atoms. The first-order chi connectivity index (χ1) is 9.81. The van der Waals surface area contributed by atoms with Crippen LogP contribution in [0.1, 0.15) is 56.7 Å². The van der Waals surface area contributed by atoms with Crippen molar-refractivity contribution in [3.63, 3.8) is 0 Å². The van der Waals surface area contributed by atoms with E-state index in [1.165, 1.54) is 32.1 Å². The van der Waals surface area contributed by atoms with Crippen molar-refractivity contribution in [1.82, 2.24) is 9.78 Å². The van der Waals surface area contributed by atoms with E-state index in [9.17, 15) is 5.11 Å². The van der Waals surface area contributed by atoms with Crippen LogP contribution in [0.15, 0.2) is 12.3 Å². The minimum Gasteiger partial charge on any atom is -0.396 e. The highest BCUT2D eigenvalue weighted by molar-refractivity contribution is 5.05. The number of rotatable bonds is 4. The molecule has 1 N–H and O–H groups in total. The zero-order valence-electron chi connectivity index (χ0n) is 12.3. The van der Waals surface area contributed by atoms with Crippen molar-refractivity contribution >= 4 is 0 Å². The lowest BCUT2D eigenvalue weighted by molar-refractivity contribution is -0.0163. The smallest absolute Gasteiger partial charge is 0.0631 e. The van der Waals surface area contributed by atoms with Crippen LogP contribution < -0.4 is 0 Å². The second-order valence-electron chi connectivity index (χ2n) is 6.53. The quantitative estimate of drug-likeness (QED) is 0.921. The molecule has 3 rings (SSSR count). The summed E-state index contributed by atoms with van der Waals surface area (Å²) in [5, 5.41) is 14.6. The Labute approximate surface area is 121 Å². The first-order valence-electron chi connectivity index (χ1n) is 8.04. The zero-order chi connectivity index (χ0) is 13.8. The molecule has 1 saturated heterocycles. The van der Waals surface area contributed by atoms with Gasteiger partial charge in [0.05, 0.1) is 11.7 Å². The molecule has 1 aromatic rings. The lowest BCUT2D eigenvalue weighted by Crippen LogP contribution is -2.35. The van der Waals surface area contributed by atoms with E-state index >= 15 is 0 Å². The number of hydrogen-bond acceptors (Lipinski definition) is 3. The van der Waals surface area contributed by atoms with Crippen LogP contribution in [0.25, 0.3) is 0 Å². The fourth-order valence-electron chi connectivity index (χ4n) is 3.60. The van der Waals surface area contributed by atoms with E-state index in [4.69, 9.17) is 9.84 Å². The molecular weight excluding hydrogens is 252 g/mol. The van der Waals surface area contributed by atoms with E-state index < -0.39 is 0 Å². The Kier molecular flexibility index (Phi) is 4.41. The minimum absolute atomic E-state index is 0.00992. The largest absolute Gasteiger partial charge is 0.396 e. The van der Waals surface area contributed by atoms with Gasteiger partial charge in [0.15, 0.2) is 0 Å². The molecule has 0 radical (unpaired) electrons. The highest BCUT2D eigenvalue weighted by atomic mass is 16.5. The first-order valence-corrected chi connectivity index (χ1v) is 8.04. The molecular formula is C16H26N2O2. The predicted octanol–water partition coefficient (Wildman–Crippen LogP) is 2.72. The van der Waals surface area contributed by atoms with Gasteiger partial charge in [-0.3, -0.25) is 4.68 Å². The van der Waals surface area contributed by atoms with Gasteiger partial charge < -0.3 is 9.84 Å². The monoisotopic (exact) mass is 278 g/mol. The number of aromatic nitrogens is 2. The Bertz CT molecular complexity index is 418. The number of aliphatic hydroxyl groups excluding tert-OH is 1. The molecule has 0 spiro atoms. The Morgan fingerprint density at radius 1 is 1.25 bits per heavy atom. The predicted molar refractivity (Wildman–Crippen MR) is 77.6 cm³/mol. The van der Waals surface area contributed by atoms with Gasteiger partial charge in [0.1, 0.15) is 0 Å². The summed E-state index contributed by atoms with van der Waals surface area (Å²) in [6, 6.07) is 2.74. The molecule has 2 fully saturated rings. The minimum atomic E-state index is -0.00992. The summed E-state index contributed by atoms with van der Waals surface area (Å²) in [7, 11) is 0. The van der Waals surface area contributed by atoms with Gasteiger partial charge >= 0.3 is 0 Å². The fourth-order valence-corrected chi connectivity index (χ4v) is 3.60.